The van der Waals surface area contributed by atoms with Gasteiger partial charge in [-0.05, 0) is 48.8 Å². The Morgan fingerprint density at radius 2 is 2.10 bits per heavy atom. The molecule has 3 atom stereocenters. The quantitative estimate of drug-likeness (QED) is 0.658. The number of rotatable bonds is 3. The van der Waals surface area contributed by atoms with Gasteiger partial charge in [-0.1, -0.05) is 38.8 Å². The molecule has 4 heteroatoms. The zero-order valence-electron chi connectivity index (χ0n) is 12.9. The fourth-order valence-electron chi connectivity index (χ4n) is 3.17. The number of anilines is 1. The monoisotopic (exact) mass is 309 g/mol. The van der Waals surface area contributed by atoms with E-state index in [1.807, 2.05) is 0 Å². The molecule has 0 amide bonds. The van der Waals surface area contributed by atoms with Gasteiger partial charge in [0.15, 0.2) is 0 Å². The van der Waals surface area contributed by atoms with Crippen LogP contribution in [0.15, 0.2) is 18.2 Å². The summed E-state index contributed by atoms with van der Waals surface area (Å²) in [6, 6.07) is 4.89. The van der Waals surface area contributed by atoms with Crippen LogP contribution >= 0.6 is 11.6 Å². The third-order valence-electron chi connectivity index (χ3n) is 4.45. The number of nitrogen functional groups attached to an aromatic ring is 1. The van der Waals surface area contributed by atoms with Crippen molar-refractivity contribution in [3.63, 3.8) is 0 Å². The van der Waals surface area contributed by atoms with E-state index in [1.165, 1.54) is 6.42 Å². The zero-order valence-corrected chi connectivity index (χ0v) is 13.7. The summed E-state index contributed by atoms with van der Waals surface area (Å²) in [4.78, 5) is 12.4. The second-order valence-electron chi connectivity index (χ2n) is 6.50. The van der Waals surface area contributed by atoms with Crippen LogP contribution in [0.2, 0.25) is 5.02 Å². The van der Waals surface area contributed by atoms with Gasteiger partial charge in [-0.15, -0.1) is 0 Å². The lowest BCUT2D eigenvalue weighted by Gasteiger charge is -2.36. The van der Waals surface area contributed by atoms with E-state index >= 15 is 0 Å². The van der Waals surface area contributed by atoms with Gasteiger partial charge in [0, 0.05) is 10.7 Å². The van der Waals surface area contributed by atoms with Crippen molar-refractivity contribution in [3.05, 3.63) is 28.8 Å². The predicted octanol–water partition coefficient (Wildman–Crippen LogP) is 4.54. The minimum absolute atomic E-state index is 0.0173. The van der Waals surface area contributed by atoms with E-state index in [0.717, 1.165) is 12.8 Å². The van der Waals surface area contributed by atoms with Gasteiger partial charge in [0.05, 0.1) is 5.56 Å². The normalized spacial score (nSPS) is 25.9. The highest BCUT2D eigenvalue weighted by molar-refractivity contribution is 6.31. The molecule has 0 aliphatic heterocycles. The van der Waals surface area contributed by atoms with Crippen LogP contribution in [0.5, 0.6) is 0 Å². The first-order valence-corrected chi connectivity index (χ1v) is 8.02. The van der Waals surface area contributed by atoms with Gasteiger partial charge in [-0.2, -0.15) is 0 Å². The molecule has 0 saturated heterocycles. The smallest absolute Gasteiger partial charge is 0.340 e. The average molecular weight is 310 g/mol. The van der Waals surface area contributed by atoms with Gasteiger partial charge >= 0.3 is 5.97 Å². The largest absolute Gasteiger partial charge is 0.458 e. The third-order valence-corrected chi connectivity index (χ3v) is 4.69. The first kappa shape index (κ1) is 16.2. The van der Waals surface area contributed by atoms with Gasteiger partial charge in [0.1, 0.15) is 6.10 Å². The van der Waals surface area contributed by atoms with E-state index in [0.29, 0.717) is 34.0 Å². The molecule has 1 fully saturated rings. The van der Waals surface area contributed by atoms with Crippen molar-refractivity contribution in [3.8, 4) is 0 Å². The van der Waals surface area contributed by atoms with Gasteiger partial charge in [0.25, 0.3) is 0 Å². The molecule has 2 rings (SSSR count). The van der Waals surface area contributed by atoms with Crippen LogP contribution in [0.4, 0.5) is 5.69 Å². The van der Waals surface area contributed by atoms with Crippen molar-refractivity contribution >= 4 is 23.3 Å². The Balaban J connectivity index is 2.12. The maximum absolute atomic E-state index is 12.4. The van der Waals surface area contributed by atoms with Crippen LogP contribution in [-0.2, 0) is 4.74 Å². The number of ether oxygens (including phenoxy) is 1. The maximum atomic E-state index is 12.4. The summed E-state index contributed by atoms with van der Waals surface area (Å²) in [5, 5.41) is 0.524. The molecule has 21 heavy (non-hydrogen) atoms. The number of esters is 1. The molecule has 0 heterocycles. The average Bonchev–Trinajstić information content (AvgIpc) is 2.37. The summed E-state index contributed by atoms with van der Waals surface area (Å²) >= 11 is 5.87. The molecule has 2 N–H and O–H groups in total. The minimum atomic E-state index is -0.339. The molecule has 0 spiro atoms. The van der Waals surface area contributed by atoms with Crippen molar-refractivity contribution in [1.82, 2.24) is 0 Å². The molecule has 0 radical (unpaired) electrons. The second kappa shape index (κ2) is 6.69. The number of carbonyl (C=O) groups excluding carboxylic acids is 1. The Hall–Kier alpha value is -1.22. The zero-order chi connectivity index (χ0) is 15.6. The summed E-state index contributed by atoms with van der Waals surface area (Å²) in [6.07, 6.45) is 3.24. The Bertz CT molecular complexity index is 516. The summed E-state index contributed by atoms with van der Waals surface area (Å²) in [5.41, 5.74) is 6.64. The summed E-state index contributed by atoms with van der Waals surface area (Å²) in [5.74, 6) is 1.20. The third kappa shape index (κ3) is 3.91. The number of benzene rings is 1. The summed E-state index contributed by atoms with van der Waals surface area (Å²) < 4.78 is 5.78. The van der Waals surface area contributed by atoms with E-state index in [1.54, 1.807) is 18.2 Å². The molecule has 1 saturated carbocycles. The number of carbonyl (C=O) groups is 1. The van der Waals surface area contributed by atoms with Crippen molar-refractivity contribution in [2.45, 2.75) is 46.1 Å². The molecule has 0 bridgehead atoms. The molecule has 3 nitrogen and oxygen atoms in total. The van der Waals surface area contributed by atoms with Crippen LogP contribution in [0.25, 0.3) is 0 Å². The molecular weight excluding hydrogens is 286 g/mol. The SMILES string of the molecule is CC1CCC(C(C)C)C(OC(=O)c2ccc(Cl)cc2N)C1. The highest BCUT2D eigenvalue weighted by atomic mass is 35.5. The predicted molar refractivity (Wildman–Crippen MR) is 86.4 cm³/mol. The lowest BCUT2D eigenvalue weighted by Crippen LogP contribution is -2.36. The minimum Gasteiger partial charge on any atom is -0.458 e. The highest BCUT2D eigenvalue weighted by Crippen LogP contribution is 2.36. The Labute approximate surface area is 131 Å². The molecule has 0 aromatic heterocycles. The molecule has 1 aliphatic rings. The Kier molecular flexibility index (Phi) is 5.15. The van der Waals surface area contributed by atoms with Crippen LogP contribution in [0, 0.1) is 17.8 Å². The van der Waals surface area contributed by atoms with Crippen molar-refractivity contribution in [2.75, 3.05) is 5.73 Å². The molecule has 1 aromatic carbocycles. The fourth-order valence-corrected chi connectivity index (χ4v) is 3.35. The molecule has 116 valence electrons. The van der Waals surface area contributed by atoms with Gasteiger partial charge < -0.3 is 10.5 Å². The number of hydrogen-bond acceptors (Lipinski definition) is 3. The van der Waals surface area contributed by atoms with Gasteiger partial charge in [-0.3, -0.25) is 0 Å². The second-order valence-corrected chi connectivity index (χ2v) is 6.94. The van der Waals surface area contributed by atoms with Crippen LogP contribution in [0.3, 0.4) is 0 Å². The summed E-state index contributed by atoms with van der Waals surface area (Å²) in [7, 11) is 0. The first-order valence-electron chi connectivity index (χ1n) is 7.64. The van der Waals surface area contributed by atoms with E-state index < -0.39 is 0 Å². The van der Waals surface area contributed by atoms with Crippen LogP contribution < -0.4 is 5.73 Å². The van der Waals surface area contributed by atoms with Crippen molar-refractivity contribution < 1.29 is 9.53 Å². The van der Waals surface area contributed by atoms with E-state index in [4.69, 9.17) is 22.1 Å². The van der Waals surface area contributed by atoms with E-state index in [-0.39, 0.29) is 12.1 Å². The number of halogens is 1. The fraction of sp³-hybridized carbons (Fsp3) is 0.588. The molecule has 1 aromatic rings. The molecule has 1 aliphatic carbocycles. The van der Waals surface area contributed by atoms with Crippen molar-refractivity contribution in [1.29, 1.82) is 0 Å². The standard InChI is InChI=1S/C17H24ClNO2/c1-10(2)13-6-4-11(3)8-16(13)21-17(20)14-7-5-12(18)9-15(14)19/h5,7,9-11,13,16H,4,6,8,19H2,1-3H3. The van der Waals surface area contributed by atoms with E-state index in [9.17, 15) is 4.79 Å². The Morgan fingerprint density at radius 3 is 2.71 bits per heavy atom. The topological polar surface area (TPSA) is 52.3 Å². The summed E-state index contributed by atoms with van der Waals surface area (Å²) in [6.45, 7) is 6.60. The highest BCUT2D eigenvalue weighted by Gasteiger charge is 2.33. The maximum Gasteiger partial charge on any atom is 0.340 e. The van der Waals surface area contributed by atoms with Gasteiger partial charge in [-0.25, -0.2) is 4.79 Å². The number of nitrogens with two attached hydrogens (primary N) is 1. The van der Waals surface area contributed by atoms with Gasteiger partial charge in [0.2, 0.25) is 0 Å². The lowest BCUT2D eigenvalue weighted by molar-refractivity contribution is -0.0173. The lowest BCUT2D eigenvalue weighted by atomic mass is 9.75. The molecular formula is C17H24ClNO2. The van der Waals surface area contributed by atoms with Crippen molar-refractivity contribution in [2.24, 2.45) is 17.8 Å². The first-order chi connectivity index (χ1) is 9.88. The van der Waals surface area contributed by atoms with E-state index in [2.05, 4.69) is 20.8 Å². The molecule has 3 unspecified atom stereocenters. The van der Waals surface area contributed by atoms with Crippen LogP contribution in [0.1, 0.15) is 50.4 Å². The number of hydrogen-bond donors (Lipinski definition) is 1. The Morgan fingerprint density at radius 1 is 1.38 bits per heavy atom. The van der Waals surface area contributed by atoms with Crippen LogP contribution in [-0.4, -0.2) is 12.1 Å².